The molecule has 7 nitrogen and oxygen atoms in total. The highest BCUT2D eigenvalue weighted by Crippen LogP contribution is 2.28. The van der Waals surface area contributed by atoms with Gasteiger partial charge >= 0.3 is 0 Å². The zero-order valence-electron chi connectivity index (χ0n) is 17.0. The summed E-state index contributed by atoms with van der Waals surface area (Å²) in [5.41, 5.74) is 1.72. The monoisotopic (exact) mass is 426 g/mol. The van der Waals surface area contributed by atoms with E-state index in [-0.39, 0.29) is 16.7 Å². The molecule has 0 spiro atoms. The molecule has 1 amide bonds. The van der Waals surface area contributed by atoms with Gasteiger partial charge in [0, 0.05) is 44.7 Å². The van der Waals surface area contributed by atoms with E-state index in [2.05, 4.69) is 26.7 Å². The smallest absolute Gasteiger partial charge is 0.286 e. The van der Waals surface area contributed by atoms with Gasteiger partial charge in [0.15, 0.2) is 0 Å². The van der Waals surface area contributed by atoms with E-state index in [9.17, 15) is 13.2 Å². The lowest BCUT2D eigenvalue weighted by Gasteiger charge is -2.36. The van der Waals surface area contributed by atoms with E-state index in [1.807, 2.05) is 30.0 Å². The van der Waals surface area contributed by atoms with Crippen molar-refractivity contribution < 1.29 is 13.2 Å². The van der Waals surface area contributed by atoms with Crippen molar-refractivity contribution in [3.63, 3.8) is 0 Å². The average molecular weight is 427 g/mol. The van der Waals surface area contributed by atoms with Crippen LogP contribution < -0.4 is 10.2 Å². The Kier molecular flexibility index (Phi) is 5.76. The van der Waals surface area contributed by atoms with Gasteiger partial charge in [-0.1, -0.05) is 37.3 Å². The fourth-order valence-corrected chi connectivity index (χ4v) is 5.09. The average Bonchev–Trinajstić information content (AvgIpc) is 2.74. The van der Waals surface area contributed by atoms with E-state index in [4.69, 9.17) is 0 Å². The summed E-state index contributed by atoms with van der Waals surface area (Å²) >= 11 is 0. The quantitative estimate of drug-likeness (QED) is 0.795. The Labute approximate surface area is 177 Å². The fraction of sp³-hybridized carbons (Fsp3) is 0.364. The molecule has 1 N–H and O–H groups in total. The normalized spacial score (nSPS) is 18.8. The number of benzene rings is 2. The number of piperazine rings is 1. The maximum atomic E-state index is 12.7. The number of amides is 1. The van der Waals surface area contributed by atoms with Gasteiger partial charge in [-0.3, -0.25) is 4.79 Å². The number of sulfonamides is 1. The summed E-state index contributed by atoms with van der Waals surface area (Å²) in [5.74, 6) is 0.481. The largest absolute Gasteiger partial charge is 0.368 e. The van der Waals surface area contributed by atoms with Crippen molar-refractivity contribution in [3.05, 3.63) is 54.6 Å². The lowest BCUT2D eigenvalue weighted by Crippen LogP contribution is -2.49. The van der Waals surface area contributed by atoms with E-state index in [0.717, 1.165) is 13.1 Å². The molecule has 158 valence electrons. The number of anilines is 2. The van der Waals surface area contributed by atoms with Gasteiger partial charge in [-0.05, 0) is 30.2 Å². The molecule has 0 saturated carbocycles. The molecule has 8 heteroatoms. The van der Waals surface area contributed by atoms with Crippen LogP contribution >= 0.6 is 0 Å². The molecule has 0 radical (unpaired) electrons. The second-order valence-electron chi connectivity index (χ2n) is 7.85. The zero-order valence-corrected chi connectivity index (χ0v) is 17.8. The van der Waals surface area contributed by atoms with Crippen LogP contribution in [0.2, 0.25) is 0 Å². The summed E-state index contributed by atoms with van der Waals surface area (Å²) in [7, 11) is -3.69. The molecule has 1 fully saturated rings. The summed E-state index contributed by atoms with van der Waals surface area (Å²) < 4.78 is 28.7. The van der Waals surface area contributed by atoms with Gasteiger partial charge in [0.1, 0.15) is 10.7 Å². The third-order valence-electron chi connectivity index (χ3n) is 5.49. The predicted molar refractivity (Wildman–Crippen MR) is 118 cm³/mol. The topological polar surface area (TPSA) is 82.1 Å². The molecular weight excluding hydrogens is 400 g/mol. The molecule has 0 unspecified atom stereocenters. The van der Waals surface area contributed by atoms with Crippen LogP contribution in [0.25, 0.3) is 0 Å². The van der Waals surface area contributed by atoms with Gasteiger partial charge in [0.2, 0.25) is 5.91 Å². The van der Waals surface area contributed by atoms with Crippen molar-refractivity contribution in [1.29, 1.82) is 0 Å². The van der Waals surface area contributed by atoms with Gasteiger partial charge in [0.05, 0.1) is 5.69 Å². The van der Waals surface area contributed by atoms with Crippen molar-refractivity contribution in [2.24, 2.45) is 10.3 Å². The first-order valence-electron chi connectivity index (χ1n) is 10.2. The minimum atomic E-state index is -3.69. The lowest BCUT2D eigenvalue weighted by atomic mass is 10.0. The van der Waals surface area contributed by atoms with Crippen LogP contribution in [0.15, 0.2) is 63.9 Å². The molecule has 0 aromatic heterocycles. The third kappa shape index (κ3) is 4.48. The molecule has 1 atom stereocenters. The van der Waals surface area contributed by atoms with E-state index < -0.39 is 10.0 Å². The Morgan fingerprint density at radius 1 is 1.03 bits per heavy atom. The summed E-state index contributed by atoms with van der Waals surface area (Å²) in [6.07, 6.45) is 0.775. The van der Waals surface area contributed by atoms with E-state index in [1.54, 1.807) is 24.3 Å². The van der Waals surface area contributed by atoms with Crippen molar-refractivity contribution in [1.82, 2.24) is 4.90 Å². The molecule has 2 aromatic rings. The molecule has 2 aromatic carbocycles. The molecule has 30 heavy (non-hydrogen) atoms. The molecule has 4 rings (SSSR count). The zero-order chi connectivity index (χ0) is 21.1. The van der Waals surface area contributed by atoms with Crippen LogP contribution in [0.4, 0.5) is 11.4 Å². The highest BCUT2D eigenvalue weighted by atomic mass is 32.2. The molecule has 0 aliphatic carbocycles. The van der Waals surface area contributed by atoms with Crippen molar-refractivity contribution in [2.75, 3.05) is 36.4 Å². The molecule has 2 aliphatic rings. The van der Waals surface area contributed by atoms with Crippen molar-refractivity contribution >= 4 is 33.1 Å². The number of para-hydroxylation sites is 2. The third-order valence-corrected chi connectivity index (χ3v) is 6.87. The van der Waals surface area contributed by atoms with Gasteiger partial charge in [-0.15, -0.1) is 4.40 Å². The van der Waals surface area contributed by atoms with Gasteiger partial charge in [-0.25, -0.2) is 0 Å². The number of hydrogen-bond acceptors (Lipinski definition) is 5. The molecule has 2 heterocycles. The fourth-order valence-electron chi connectivity index (χ4n) is 3.94. The Morgan fingerprint density at radius 3 is 2.43 bits per heavy atom. The first kappa shape index (κ1) is 20.4. The van der Waals surface area contributed by atoms with E-state index >= 15 is 0 Å². The Morgan fingerprint density at radius 2 is 1.70 bits per heavy atom. The molecular formula is C22H26N4O3S. The SMILES string of the molecule is C[C@@H](CC(=O)N1CCN(c2ccccc2)CC1)CC1=NS(=O)(=O)c2ccccc2N1. The molecule has 0 bridgehead atoms. The van der Waals surface area contributed by atoms with Gasteiger partial charge < -0.3 is 15.1 Å². The van der Waals surface area contributed by atoms with E-state index in [0.29, 0.717) is 37.5 Å². The number of rotatable bonds is 5. The second-order valence-corrected chi connectivity index (χ2v) is 9.42. The number of hydrogen-bond donors (Lipinski definition) is 1. The summed E-state index contributed by atoms with van der Waals surface area (Å²) in [5, 5.41) is 3.10. The summed E-state index contributed by atoms with van der Waals surface area (Å²) in [4.78, 5) is 17.1. The van der Waals surface area contributed by atoms with Crippen LogP contribution in [0.1, 0.15) is 19.8 Å². The van der Waals surface area contributed by atoms with Crippen molar-refractivity contribution in [3.8, 4) is 0 Å². The second kappa shape index (κ2) is 8.47. The number of amidine groups is 1. The highest BCUT2D eigenvalue weighted by Gasteiger charge is 2.27. The summed E-state index contributed by atoms with van der Waals surface area (Å²) in [6.45, 7) is 4.97. The first-order valence-corrected chi connectivity index (χ1v) is 11.6. The van der Waals surface area contributed by atoms with Crippen LogP contribution in [0, 0.1) is 5.92 Å². The lowest BCUT2D eigenvalue weighted by molar-refractivity contribution is -0.132. The van der Waals surface area contributed by atoms with Crippen LogP contribution in [0.5, 0.6) is 0 Å². The van der Waals surface area contributed by atoms with E-state index in [1.165, 1.54) is 5.69 Å². The van der Waals surface area contributed by atoms with Crippen LogP contribution in [0.3, 0.4) is 0 Å². The number of carbonyl (C=O) groups is 1. The first-order chi connectivity index (χ1) is 14.4. The minimum absolute atomic E-state index is 0.0173. The number of nitrogens with zero attached hydrogens (tertiary/aromatic N) is 3. The standard InChI is InChI=1S/C22H26N4O3S/c1-17(15-21-23-19-9-5-6-10-20(19)30(28,29)24-21)16-22(27)26-13-11-25(12-14-26)18-7-3-2-4-8-18/h2-10,17H,11-16H2,1H3,(H,23,24)/t17-/m1/s1. The van der Waals surface area contributed by atoms with Crippen LogP contribution in [-0.4, -0.2) is 51.2 Å². The molecule has 2 aliphatic heterocycles. The number of carbonyl (C=O) groups excluding carboxylic acids is 1. The predicted octanol–water partition coefficient (Wildman–Crippen LogP) is 2.96. The molecule has 1 saturated heterocycles. The maximum Gasteiger partial charge on any atom is 0.286 e. The maximum absolute atomic E-state index is 12.7. The Balaban J connectivity index is 1.31. The number of nitrogens with one attached hydrogen (secondary N) is 1. The Bertz CT molecular complexity index is 1050. The highest BCUT2D eigenvalue weighted by molar-refractivity contribution is 7.90. The minimum Gasteiger partial charge on any atom is -0.368 e. The van der Waals surface area contributed by atoms with Gasteiger partial charge in [-0.2, -0.15) is 8.42 Å². The van der Waals surface area contributed by atoms with Crippen molar-refractivity contribution in [2.45, 2.75) is 24.7 Å². The Hall–Kier alpha value is -2.87. The summed E-state index contributed by atoms with van der Waals surface area (Å²) in [6, 6.07) is 16.9. The number of fused-ring (bicyclic) bond motifs is 1. The van der Waals surface area contributed by atoms with Gasteiger partial charge in [0.25, 0.3) is 10.0 Å². The van der Waals surface area contributed by atoms with Crippen LogP contribution in [-0.2, 0) is 14.8 Å².